The molecule has 1 aromatic heterocycles. The van der Waals surface area contributed by atoms with Crippen LogP contribution in [0.1, 0.15) is 74.0 Å². The lowest BCUT2D eigenvalue weighted by Gasteiger charge is -2.36. The van der Waals surface area contributed by atoms with E-state index in [1.54, 1.807) is 23.0 Å². The van der Waals surface area contributed by atoms with Crippen LogP contribution in [0.25, 0.3) is 0 Å². The third kappa shape index (κ3) is 4.72. The third-order valence-electron chi connectivity index (χ3n) is 6.56. The van der Waals surface area contributed by atoms with Crippen molar-refractivity contribution in [3.8, 4) is 0 Å². The van der Waals surface area contributed by atoms with Gasteiger partial charge in [0.25, 0.3) is 5.91 Å². The van der Waals surface area contributed by atoms with Gasteiger partial charge in [-0.1, -0.05) is 24.3 Å². The molecule has 0 N–H and O–H groups in total. The van der Waals surface area contributed by atoms with Crippen LogP contribution >= 0.6 is 0 Å². The number of carbonyl (C=O) groups excluding carboxylic acids is 1. The second kappa shape index (κ2) is 9.69. The van der Waals surface area contributed by atoms with Crippen molar-refractivity contribution in [2.24, 2.45) is 0 Å². The lowest BCUT2D eigenvalue weighted by molar-refractivity contribution is 0.0581. The Morgan fingerprint density at radius 2 is 1.87 bits per heavy atom. The van der Waals surface area contributed by atoms with Crippen LogP contribution in [-0.4, -0.2) is 62.9 Å². The lowest BCUT2D eigenvalue weighted by atomic mass is 9.98. The fourth-order valence-corrected chi connectivity index (χ4v) is 4.84. The highest BCUT2D eigenvalue weighted by Crippen LogP contribution is 2.25. The molecule has 3 heterocycles. The van der Waals surface area contributed by atoms with Crippen molar-refractivity contribution < 1.29 is 9.18 Å². The highest BCUT2D eigenvalue weighted by Gasteiger charge is 2.30. The normalized spacial score (nSPS) is 21.1. The third-order valence-corrected chi connectivity index (χ3v) is 6.56. The number of halogens is 1. The predicted molar refractivity (Wildman–Crippen MR) is 114 cm³/mol. The monoisotopic (exact) mass is 413 g/mol. The molecule has 0 saturated carbocycles. The Morgan fingerprint density at radius 3 is 2.60 bits per heavy atom. The molecule has 1 aromatic carbocycles. The first-order valence-electron chi connectivity index (χ1n) is 11.4. The van der Waals surface area contributed by atoms with Crippen molar-refractivity contribution in [2.45, 2.75) is 64.0 Å². The summed E-state index contributed by atoms with van der Waals surface area (Å²) < 4.78 is 15.0. The van der Waals surface area contributed by atoms with Crippen LogP contribution in [0.2, 0.25) is 0 Å². The largest absolute Gasteiger partial charge is 0.334 e. The molecule has 0 aliphatic carbocycles. The van der Waals surface area contributed by atoms with Gasteiger partial charge >= 0.3 is 0 Å². The van der Waals surface area contributed by atoms with E-state index in [4.69, 9.17) is 0 Å². The highest BCUT2D eigenvalue weighted by molar-refractivity contribution is 5.92. The van der Waals surface area contributed by atoms with Gasteiger partial charge in [0, 0.05) is 19.1 Å². The lowest BCUT2D eigenvalue weighted by Crippen LogP contribution is -2.45. The van der Waals surface area contributed by atoms with Crippen molar-refractivity contribution in [1.82, 2.24) is 24.8 Å². The molecule has 2 aliphatic rings. The van der Waals surface area contributed by atoms with Gasteiger partial charge in [-0.3, -0.25) is 4.79 Å². The number of piperidine rings is 1. The number of likely N-dealkylation sites (tertiary alicyclic amines) is 2. The van der Waals surface area contributed by atoms with Gasteiger partial charge in [0.15, 0.2) is 5.69 Å². The Labute approximate surface area is 178 Å². The molecule has 0 unspecified atom stereocenters. The molecule has 0 bridgehead atoms. The van der Waals surface area contributed by atoms with E-state index in [0.29, 0.717) is 5.69 Å². The van der Waals surface area contributed by atoms with Gasteiger partial charge in [0.05, 0.1) is 12.2 Å². The Balaban J connectivity index is 1.45. The molecule has 7 heteroatoms. The summed E-state index contributed by atoms with van der Waals surface area (Å²) in [4.78, 5) is 17.8. The highest BCUT2D eigenvalue weighted by atomic mass is 19.1. The fraction of sp³-hybridized carbons (Fsp3) is 0.609. The molecule has 2 atom stereocenters. The molecule has 1 amide bonds. The van der Waals surface area contributed by atoms with Crippen molar-refractivity contribution >= 4 is 5.91 Å². The summed E-state index contributed by atoms with van der Waals surface area (Å²) in [6.07, 6.45) is 9.47. The summed E-state index contributed by atoms with van der Waals surface area (Å²) in [6.45, 7) is 6.30. The van der Waals surface area contributed by atoms with E-state index in [-0.39, 0.29) is 23.8 Å². The predicted octanol–water partition coefficient (Wildman–Crippen LogP) is 3.90. The molecule has 4 rings (SSSR count). The van der Waals surface area contributed by atoms with E-state index >= 15 is 0 Å². The molecule has 30 heavy (non-hydrogen) atoms. The summed E-state index contributed by atoms with van der Waals surface area (Å²) in [6, 6.07) is 6.68. The summed E-state index contributed by atoms with van der Waals surface area (Å²) in [5.74, 6) is -0.269. The minimum absolute atomic E-state index is 0.0127. The maximum atomic E-state index is 13.3. The Bertz CT molecular complexity index is 830. The Kier molecular flexibility index (Phi) is 6.77. The first-order chi connectivity index (χ1) is 14.7. The number of nitrogens with zero attached hydrogens (tertiary/aromatic N) is 5. The Morgan fingerprint density at radius 1 is 1.13 bits per heavy atom. The van der Waals surface area contributed by atoms with Gasteiger partial charge in [-0.2, -0.15) is 0 Å². The summed E-state index contributed by atoms with van der Waals surface area (Å²) in [7, 11) is 0. The van der Waals surface area contributed by atoms with E-state index in [2.05, 4.69) is 22.1 Å². The van der Waals surface area contributed by atoms with Gasteiger partial charge in [-0.25, -0.2) is 9.07 Å². The van der Waals surface area contributed by atoms with E-state index in [1.165, 1.54) is 44.5 Å². The van der Waals surface area contributed by atoms with Gasteiger partial charge in [0.2, 0.25) is 0 Å². The number of amides is 1. The molecule has 0 radical (unpaired) electrons. The zero-order valence-corrected chi connectivity index (χ0v) is 17.8. The quantitative estimate of drug-likeness (QED) is 0.691. The fourth-order valence-electron chi connectivity index (χ4n) is 4.84. The number of benzene rings is 1. The number of rotatable bonds is 7. The van der Waals surface area contributed by atoms with Crippen LogP contribution in [-0.2, 0) is 0 Å². The number of hydrogen-bond acceptors (Lipinski definition) is 4. The standard InChI is InChI=1S/C23H32FN5O/c1-2-22(18-8-10-19(24)11-9-18)29-17-21(25-26-29)23(30)28-15-4-3-7-20(28)12-16-27-13-5-6-14-27/h8-11,17,20,22H,2-7,12-16H2,1H3/t20-,22+/m1/s1. The number of hydrogen-bond donors (Lipinski definition) is 0. The van der Waals surface area contributed by atoms with E-state index in [9.17, 15) is 9.18 Å². The van der Waals surface area contributed by atoms with Crippen LogP contribution in [0.15, 0.2) is 30.5 Å². The van der Waals surface area contributed by atoms with Crippen LogP contribution in [0, 0.1) is 5.82 Å². The molecule has 162 valence electrons. The average molecular weight is 414 g/mol. The van der Waals surface area contributed by atoms with Gasteiger partial charge in [-0.15, -0.1) is 5.10 Å². The van der Waals surface area contributed by atoms with Gasteiger partial charge in [0.1, 0.15) is 5.82 Å². The van der Waals surface area contributed by atoms with E-state index < -0.39 is 0 Å². The van der Waals surface area contributed by atoms with Gasteiger partial charge in [-0.05, 0) is 75.7 Å². The SMILES string of the molecule is CC[C@@H](c1ccc(F)cc1)n1cc(C(=O)N2CCCC[C@@H]2CCN2CCCC2)nn1. The molecular formula is C23H32FN5O. The first kappa shape index (κ1) is 21.0. The molecule has 2 saturated heterocycles. The second-order valence-electron chi connectivity index (χ2n) is 8.54. The minimum Gasteiger partial charge on any atom is -0.334 e. The van der Waals surface area contributed by atoms with Crippen LogP contribution < -0.4 is 0 Å². The Hall–Kier alpha value is -2.28. The molecule has 2 aliphatic heterocycles. The topological polar surface area (TPSA) is 54.3 Å². The molecule has 2 aromatic rings. The molecule has 6 nitrogen and oxygen atoms in total. The van der Waals surface area contributed by atoms with Crippen molar-refractivity contribution in [2.75, 3.05) is 26.2 Å². The van der Waals surface area contributed by atoms with Crippen molar-refractivity contribution in [3.05, 3.63) is 47.5 Å². The van der Waals surface area contributed by atoms with Crippen LogP contribution in [0.3, 0.4) is 0 Å². The zero-order valence-electron chi connectivity index (χ0n) is 17.8. The maximum Gasteiger partial charge on any atom is 0.276 e. The molecule has 2 fully saturated rings. The first-order valence-corrected chi connectivity index (χ1v) is 11.4. The summed E-state index contributed by atoms with van der Waals surface area (Å²) >= 11 is 0. The second-order valence-corrected chi connectivity index (χ2v) is 8.54. The molecule has 0 spiro atoms. The zero-order chi connectivity index (χ0) is 20.9. The smallest absolute Gasteiger partial charge is 0.276 e. The van der Waals surface area contributed by atoms with Crippen molar-refractivity contribution in [3.63, 3.8) is 0 Å². The van der Waals surface area contributed by atoms with E-state index in [1.807, 2.05) is 4.90 Å². The van der Waals surface area contributed by atoms with Crippen LogP contribution in [0.4, 0.5) is 4.39 Å². The van der Waals surface area contributed by atoms with Crippen LogP contribution in [0.5, 0.6) is 0 Å². The average Bonchev–Trinajstić information content (AvgIpc) is 3.46. The number of carbonyl (C=O) groups is 1. The summed E-state index contributed by atoms with van der Waals surface area (Å²) in [5.41, 5.74) is 1.37. The van der Waals surface area contributed by atoms with E-state index in [0.717, 1.165) is 44.3 Å². The maximum absolute atomic E-state index is 13.3. The minimum atomic E-state index is -0.256. The summed E-state index contributed by atoms with van der Waals surface area (Å²) in [5, 5.41) is 8.47. The molecular weight excluding hydrogens is 381 g/mol. The van der Waals surface area contributed by atoms with Crippen molar-refractivity contribution in [1.29, 1.82) is 0 Å². The number of aromatic nitrogens is 3. The van der Waals surface area contributed by atoms with Gasteiger partial charge < -0.3 is 9.80 Å².